The first-order chi connectivity index (χ1) is 12.9. The highest BCUT2D eigenvalue weighted by Gasteiger charge is 2.19. The lowest BCUT2D eigenvalue weighted by Crippen LogP contribution is -2.10. The van der Waals surface area contributed by atoms with Crippen molar-refractivity contribution < 1.29 is 13.6 Å². The Morgan fingerprint density at radius 2 is 2.00 bits per heavy atom. The molecular formula is C19H11ClF2N2OS2. The third-order valence-corrected chi connectivity index (χ3v) is 6.34. The van der Waals surface area contributed by atoms with Gasteiger partial charge in [-0.1, -0.05) is 23.7 Å². The number of thiazole rings is 1. The van der Waals surface area contributed by atoms with Gasteiger partial charge in [0, 0.05) is 27.1 Å². The van der Waals surface area contributed by atoms with Crippen LogP contribution in [-0.2, 0) is 0 Å². The number of rotatable bonds is 3. The van der Waals surface area contributed by atoms with Crippen LogP contribution in [0.15, 0.2) is 41.8 Å². The number of anilines is 1. The maximum Gasteiger partial charge on any atom is 0.269 e. The van der Waals surface area contributed by atoms with Gasteiger partial charge >= 0.3 is 0 Å². The Bertz CT molecular complexity index is 1190. The first-order valence-corrected chi connectivity index (χ1v) is 9.91. The van der Waals surface area contributed by atoms with Crippen molar-refractivity contribution in [3.05, 3.63) is 68.9 Å². The van der Waals surface area contributed by atoms with E-state index in [9.17, 15) is 13.6 Å². The van der Waals surface area contributed by atoms with Gasteiger partial charge in [-0.05, 0) is 30.7 Å². The van der Waals surface area contributed by atoms with Crippen LogP contribution >= 0.6 is 34.3 Å². The summed E-state index contributed by atoms with van der Waals surface area (Å²) >= 11 is 8.81. The van der Waals surface area contributed by atoms with E-state index in [0.717, 1.165) is 39.1 Å². The standard InChI is InChI=1S/C19H11ClF2N2OS2/c1-9-2-4-12-15(6-9)27-17(16(12)20)18(25)24-19-23-14(8-26-19)11-5-3-10(21)7-13(11)22/h2-8H,1H3,(H,23,24,25). The highest BCUT2D eigenvalue weighted by molar-refractivity contribution is 7.22. The van der Waals surface area contributed by atoms with E-state index in [1.165, 1.54) is 17.4 Å². The van der Waals surface area contributed by atoms with Gasteiger partial charge in [0.1, 0.15) is 16.5 Å². The number of nitrogens with zero attached hydrogens (tertiary/aromatic N) is 1. The molecule has 1 N–H and O–H groups in total. The van der Waals surface area contributed by atoms with E-state index in [1.807, 2.05) is 25.1 Å². The lowest BCUT2D eigenvalue weighted by molar-refractivity contribution is 0.103. The van der Waals surface area contributed by atoms with Crippen LogP contribution < -0.4 is 5.32 Å². The number of thiophene rings is 1. The van der Waals surface area contributed by atoms with Crippen molar-refractivity contribution in [3.63, 3.8) is 0 Å². The Kier molecular flexibility index (Phi) is 4.67. The van der Waals surface area contributed by atoms with Gasteiger partial charge in [-0.3, -0.25) is 10.1 Å². The second kappa shape index (κ2) is 6.99. The third-order valence-electron chi connectivity index (χ3n) is 3.92. The van der Waals surface area contributed by atoms with Crippen LogP contribution in [0.5, 0.6) is 0 Å². The molecule has 136 valence electrons. The molecule has 4 rings (SSSR count). The Balaban J connectivity index is 1.61. The van der Waals surface area contributed by atoms with Gasteiger partial charge < -0.3 is 0 Å². The van der Waals surface area contributed by atoms with Crippen LogP contribution in [0.1, 0.15) is 15.2 Å². The minimum absolute atomic E-state index is 0.170. The summed E-state index contributed by atoms with van der Waals surface area (Å²) in [6, 6.07) is 9.07. The molecule has 0 saturated heterocycles. The number of hydrogen-bond acceptors (Lipinski definition) is 4. The zero-order valence-corrected chi connectivity index (χ0v) is 16.2. The molecule has 0 aliphatic carbocycles. The minimum Gasteiger partial charge on any atom is -0.297 e. The first-order valence-electron chi connectivity index (χ1n) is 7.83. The molecule has 0 unspecified atom stereocenters. The monoisotopic (exact) mass is 420 g/mol. The van der Waals surface area contributed by atoms with Gasteiger partial charge in [0.2, 0.25) is 0 Å². The topological polar surface area (TPSA) is 42.0 Å². The van der Waals surface area contributed by atoms with Gasteiger partial charge in [0.15, 0.2) is 5.13 Å². The van der Waals surface area contributed by atoms with E-state index in [0.29, 0.717) is 20.7 Å². The van der Waals surface area contributed by atoms with Crippen molar-refractivity contribution in [2.24, 2.45) is 0 Å². The fraction of sp³-hybridized carbons (Fsp3) is 0.0526. The molecule has 3 nitrogen and oxygen atoms in total. The highest BCUT2D eigenvalue weighted by atomic mass is 35.5. The van der Waals surface area contributed by atoms with Gasteiger partial charge in [-0.15, -0.1) is 22.7 Å². The maximum absolute atomic E-state index is 13.9. The van der Waals surface area contributed by atoms with Crippen LogP contribution in [0.3, 0.4) is 0 Å². The van der Waals surface area contributed by atoms with E-state index in [1.54, 1.807) is 5.38 Å². The van der Waals surface area contributed by atoms with Crippen molar-refractivity contribution in [2.45, 2.75) is 6.92 Å². The molecule has 8 heteroatoms. The summed E-state index contributed by atoms with van der Waals surface area (Å²) in [4.78, 5) is 17.2. The van der Waals surface area contributed by atoms with Gasteiger partial charge in [0.25, 0.3) is 5.91 Å². The Morgan fingerprint density at radius 1 is 1.19 bits per heavy atom. The molecule has 0 spiro atoms. The predicted octanol–water partition coefficient (Wildman–Crippen LogP) is 6.52. The molecule has 0 radical (unpaired) electrons. The van der Waals surface area contributed by atoms with E-state index in [4.69, 9.17) is 11.6 Å². The molecule has 4 aromatic rings. The van der Waals surface area contributed by atoms with Gasteiger partial charge in [-0.25, -0.2) is 13.8 Å². The molecule has 0 aliphatic heterocycles. The average molecular weight is 421 g/mol. The molecule has 0 aliphatic rings. The summed E-state index contributed by atoms with van der Waals surface area (Å²) in [6.45, 7) is 1.97. The van der Waals surface area contributed by atoms with Crippen molar-refractivity contribution in [1.82, 2.24) is 4.98 Å². The maximum atomic E-state index is 13.9. The summed E-state index contributed by atoms with van der Waals surface area (Å²) in [5, 5.41) is 5.82. The minimum atomic E-state index is -0.707. The Morgan fingerprint density at radius 3 is 2.78 bits per heavy atom. The molecule has 0 bridgehead atoms. The molecule has 2 aromatic heterocycles. The van der Waals surface area contributed by atoms with E-state index < -0.39 is 11.6 Å². The third kappa shape index (κ3) is 3.45. The first kappa shape index (κ1) is 18.0. The summed E-state index contributed by atoms with van der Waals surface area (Å²) in [5.41, 5.74) is 1.58. The Labute approximate surface area is 166 Å². The van der Waals surface area contributed by atoms with Crippen LogP contribution in [0.2, 0.25) is 5.02 Å². The molecule has 2 heterocycles. The molecule has 0 saturated carbocycles. The summed E-state index contributed by atoms with van der Waals surface area (Å²) in [5.74, 6) is -1.74. The fourth-order valence-corrected chi connectivity index (χ4v) is 4.84. The van der Waals surface area contributed by atoms with Crippen LogP contribution in [0.4, 0.5) is 13.9 Å². The number of nitrogens with one attached hydrogen (secondary N) is 1. The number of hydrogen-bond donors (Lipinski definition) is 1. The molecule has 27 heavy (non-hydrogen) atoms. The zero-order valence-electron chi connectivity index (χ0n) is 13.8. The van der Waals surface area contributed by atoms with Crippen molar-refractivity contribution in [3.8, 4) is 11.3 Å². The van der Waals surface area contributed by atoms with Crippen molar-refractivity contribution >= 4 is 55.4 Å². The lowest BCUT2D eigenvalue weighted by atomic mass is 10.1. The number of halogens is 3. The quantitative estimate of drug-likeness (QED) is 0.410. The predicted molar refractivity (Wildman–Crippen MR) is 107 cm³/mol. The number of carbonyl (C=O) groups is 1. The summed E-state index contributed by atoms with van der Waals surface area (Å²) in [7, 11) is 0. The second-order valence-electron chi connectivity index (χ2n) is 5.86. The number of fused-ring (bicyclic) bond motifs is 1. The number of carbonyl (C=O) groups excluding carboxylic acids is 1. The smallest absolute Gasteiger partial charge is 0.269 e. The van der Waals surface area contributed by atoms with E-state index >= 15 is 0 Å². The number of aryl methyl sites for hydroxylation is 1. The van der Waals surface area contributed by atoms with E-state index in [-0.39, 0.29) is 11.5 Å². The molecule has 0 fully saturated rings. The Hall–Kier alpha value is -2.35. The largest absolute Gasteiger partial charge is 0.297 e. The van der Waals surface area contributed by atoms with Crippen LogP contribution in [-0.4, -0.2) is 10.9 Å². The van der Waals surface area contributed by atoms with Crippen LogP contribution in [0, 0.1) is 18.6 Å². The molecule has 0 atom stereocenters. The van der Waals surface area contributed by atoms with Crippen LogP contribution in [0.25, 0.3) is 21.3 Å². The molecule has 2 aromatic carbocycles. The SMILES string of the molecule is Cc1ccc2c(Cl)c(C(=O)Nc3nc(-c4ccc(F)cc4F)cs3)sc2c1. The molecular weight excluding hydrogens is 410 g/mol. The average Bonchev–Trinajstić information content (AvgIpc) is 3.19. The molecule has 1 amide bonds. The number of benzene rings is 2. The van der Waals surface area contributed by atoms with Gasteiger partial charge in [0.05, 0.1) is 10.7 Å². The highest BCUT2D eigenvalue weighted by Crippen LogP contribution is 2.36. The number of amides is 1. The lowest BCUT2D eigenvalue weighted by Gasteiger charge is -2.00. The zero-order chi connectivity index (χ0) is 19.1. The van der Waals surface area contributed by atoms with Crippen molar-refractivity contribution in [2.75, 3.05) is 5.32 Å². The summed E-state index contributed by atoms with van der Waals surface area (Å²) in [6.07, 6.45) is 0. The van der Waals surface area contributed by atoms with Crippen molar-refractivity contribution in [1.29, 1.82) is 0 Å². The van der Waals surface area contributed by atoms with E-state index in [2.05, 4.69) is 10.3 Å². The summed E-state index contributed by atoms with van der Waals surface area (Å²) < 4.78 is 27.9. The second-order valence-corrected chi connectivity index (χ2v) is 8.15. The van der Waals surface area contributed by atoms with Gasteiger partial charge in [-0.2, -0.15) is 0 Å². The number of aromatic nitrogens is 1. The normalized spacial score (nSPS) is 11.1. The fourth-order valence-electron chi connectivity index (χ4n) is 2.62.